The normalized spacial score (nSPS) is 23.0. The number of carbonyl (C=O) groups excluding carboxylic acids is 1. The number of hydroxylamine groups is 1. The second-order valence-electron chi connectivity index (χ2n) is 8.54. The molecule has 10 nitrogen and oxygen atoms in total. The van der Waals surface area contributed by atoms with Crippen molar-refractivity contribution in [1.29, 1.82) is 0 Å². The molecule has 0 radical (unpaired) electrons. The lowest BCUT2D eigenvalue weighted by Crippen LogP contribution is -2.45. The van der Waals surface area contributed by atoms with Crippen molar-refractivity contribution in [2.24, 2.45) is 5.73 Å². The Bertz CT molecular complexity index is 828. The van der Waals surface area contributed by atoms with Crippen molar-refractivity contribution in [3.63, 3.8) is 0 Å². The fourth-order valence-corrected chi connectivity index (χ4v) is 3.60. The van der Waals surface area contributed by atoms with Crippen molar-refractivity contribution in [2.75, 3.05) is 6.61 Å². The summed E-state index contributed by atoms with van der Waals surface area (Å²) in [6, 6.07) is -0.829. The largest absolute Gasteiger partial charge is 0.414 e. The van der Waals surface area contributed by atoms with Crippen molar-refractivity contribution in [1.82, 2.24) is 15.0 Å². The van der Waals surface area contributed by atoms with E-state index in [0.29, 0.717) is 5.56 Å². The predicted octanol–water partition coefficient (Wildman–Crippen LogP) is 1.12. The smallest absolute Gasteiger partial charge is 0.336 e. The first-order valence-corrected chi connectivity index (χ1v) is 12.1. The molecule has 4 N–H and O–H groups in total. The predicted molar refractivity (Wildman–Crippen MR) is 105 cm³/mol. The van der Waals surface area contributed by atoms with E-state index in [4.69, 9.17) is 19.7 Å². The number of aromatic nitrogens is 2. The van der Waals surface area contributed by atoms with Crippen LogP contribution in [0.25, 0.3) is 0 Å². The molecule has 0 spiro atoms. The van der Waals surface area contributed by atoms with Gasteiger partial charge in [-0.1, -0.05) is 20.8 Å². The third kappa shape index (κ3) is 5.10. The number of hydrogen-bond donors (Lipinski definition) is 3. The van der Waals surface area contributed by atoms with Gasteiger partial charge in [0.1, 0.15) is 18.4 Å². The third-order valence-electron chi connectivity index (χ3n) is 5.36. The molecule has 0 bridgehead atoms. The molecule has 1 aliphatic rings. The van der Waals surface area contributed by atoms with Crippen LogP contribution in [0.1, 0.15) is 39.0 Å². The van der Waals surface area contributed by atoms with Gasteiger partial charge in [-0.15, -0.1) is 0 Å². The zero-order valence-corrected chi connectivity index (χ0v) is 18.2. The van der Waals surface area contributed by atoms with E-state index in [-0.39, 0.29) is 18.1 Å². The number of nitrogens with zero attached hydrogens (tertiary/aromatic N) is 1. The van der Waals surface area contributed by atoms with Crippen LogP contribution < -0.4 is 22.5 Å². The van der Waals surface area contributed by atoms with Crippen LogP contribution in [0.3, 0.4) is 0 Å². The first kappa shape index (κ1) is 22.3. The molecule has 1 aliphatic heterocycles. The summed E-state index contributed by atoms with van der Waals surface area (Å²) in [7, 11) is -2.04. The molecule has 0 aromatic carbocycles. The first-order valence-electron chi connectivity index (χ1n) is 9.14. The Hall–Kier alpha value is -1.95. The molecule has 1 fully saturated rings. The molecule has 1 saturated heterocycles. The molecule has 158 valence electrons. The van der Waals surface area contributed by atoms with E-state index in [1.54, 1.807) is 6.92 Å². The third-order valence-corrected chi connectivity index (χ3v) is 9.86. The number of aromatic amines is 1. The van der Waals surface area contributed by atoms with Gasteiger partial charge in [-0.3, -0.25) is 19.2 Å². The zero-order chi connectivity index (χ0) is 21.3. The quantitative estimate of drug-likeness (QED) is 0.471. The number of aryl methyl sites for hydroxylation is 1. The molecule has 2 amide bonds. The molecule has 2 rings (SSSR count). The zero-order valence-electron chi connectivity index (χ0n) is 17.2. The lowest BCUT2D eigenvalue weighted by molar-refractivity contribution is -0.0763. The van der Waals surface area contributed by atoms with Crippen LogP contribution in [0.4, 0.5) is 4.79 Å². The number of carbonyl (C=O) groups is 1. The van der Waals surface area contributed by atoms with E-state index >= 15 is 0 Å². The number of nitrogens with two attached hydrogens (primary N) is 1. The van der Waals surface area contributed by atoms with Crippen LogP contribution >= 0.6 is 0 Å². The Morgan fingerprint density at radius 2 is 2.07 bits per heavy atom. The molecule has 28 heavy (non-hydrogen) atoms. The maximum absolute atomic E-state index is 12.2. The van der Waals surface area contributed by atoms with Crippen molar-refractivity contribution >= 4 is 14.3 Å². The van der Waals surface area contributed by atoms with E-state index in [0.717, 1.165) is 0 Å². The number of nitrogens with one attached hydrogen (secondary N) is 2. The summed E-state index contributed by atoms with van der Waals surface area (Å²) in [5.74, 6) is 0. The highest BCUT2D eigenvalue weighted by molar-refractivity contribution is 6.74. The van der Waals surface area contributed by atoms with E-state index in [2.05, 4.69) is 44.3 Å². The maximum atomic E-state index is 12.2. The Kier molecular flexibility index (Phi) is 6.54. The van der Waals surface area contributed by atoms with Crippen LogP contribution in [0.5, 0.6) is 0 Å². The van der Waals surface area contributed by atoms with Crippen molar-refractivity contribution in [3.05, 3.63) is 32.6 Å². The number of H-pyrrole nitrogens is 1. The summed E-state index contributed by atoms with van der Waals surface area (Å²) in [6.07, 6.45) is -0.0409. The van der Waals surface area contributed by atoms with Gasteiger partial charge in [0.05, 0.1) is 6.61 Å². The van der Waals surface area contributed by atoms with E-state index in [1.807, 2.05) is 0 Å². The highest BCUT2D eigenvalue weighted by Crippen LogP contribution is 2.38. The number of ether oxygens (including phenoxy) is 1. The van der Waals surface area contributed by atoms with Crippen LogP contribution in [0, 0.1) is 6.92 Å². The monoisotopic (exact) mass is 414 g/mol. The molecule has 0 saturated carbocycles. The fourth-order valence-electron chi connectivity index (χ4n) is 2.59. The molecular weight excluding hydrogens is 384 g/mol. The van der Waals surface area contributed by atoms with E-state index in [1.165, 1.54) is 10.8 Å². The van der Waals surface area contributed by atoms with Crippen molar-refractivity contribution in [2.45, 2.75) is 70.7 Å². The number of urea groups is 1. The van der Waals surface area contributed by atoms with Gasteiger partial charge in [0.2, 0.25) is 0 Å². The Labute approximate surface area is 164 Å². The molecule has 3 unspecified atom stereocenters. The molecule has 0 aliphatic carbocycles. The molecule has 1 aromatic heterocycles. The first-order chi connectivity index (χ1) is 12.8. The van der Waals surface area contributed by atoms with Gasteiger partial charge in [-0.2, -0.15) is 0 Å². The summed E-state index contributed by atoms with van der Waals surface area (Å²) in [5, 5.41) is 0.0137. The lowest BCUT2D eigenvalue weighted by Gasteiger charge is -2.37. The van der Waals surface area contributed by atoms with Gasteiger partial charge in [-0.25, -0.2) is 15.1 Å². The van der Waals surface area contributed by atoms with Gasteiger partial charge in [0, 0.05) is 18.2 Å². The number of amides is 2. The molecule has 2 heterocycles. The Morgan fingerprint density at radius 3 is 2.64 bits per heavy atom. The topological polar surface area (TPSA) is 138 Å². The highest BCUT2D eigenvalue weighted by Gasteiger charge is 2.42. The summed E-state index contributed by atoms with van der Waals surface area (Å²) < 4.78 is 13.5. The molecular formula is C17H30N4O6Si. The lowest BCUT2D eigenvalue weighted by atomic mass is 10.2. The number of rotatable bonds is 6. The minimum Gasteiger partial charge on any atom is -0.414 e. The second-order valence-corrected chi connectivity index (χ2v) is 13.3. The summed E-state index contributed by atoms with van der Waals surface area (Å²) in [6.45, 7) is 12.5. The van der Waals surface area contributed by atoms with Crippen LogP contribution in [0.2, 0.25) is 18.1 Å². The fraction of sp³-hybridized carbons (Fsp3) is 0.706. The maximum Gasteiger partial charge on any atom is 0.336 e. The molecule has 3 atom stereocenters. The standard InChI is InChI=1S/C17H30N4O6Si/c1-10-8-21(16(24)19-14(10)22)13-7-11(27-20-15(18)23)12(26-13)9-25-28(5,6)17(2,3)4/h8,11-13H,7,9H2,1-6H3,(H3,18,20,23)(H,19,22,24). The van der Waals surface area contributed by atoms with Crippen molar-refractivity contribution in [3.8, 4) is 0 Å². The molecule has 11 heteroatoms. The summed E-state index contributed by atoms with van der Waals surface area (Å²) in [5.41, 5.74) is 6.57. The van der Waals surface area contributed by atoms with Gasteiger partial charge in [0.15, 0.2) is 8.32 Å². The van der Waals surface area contributed by atoms with Gasteiger partial charge in [-0.05, 0) is 25.1 Å². The average molecular weight is 415 g/mol. The SMILES string of the molecule is Cc1cn(C2CC(ONC(N)=O)C(CO[Si](C)(C)C(C)(C)C)O2)c(=O)[nH]c1=O. The van der Waals surface area contributed by atoms with Crippen LogP contribution in [0.15, 0.2) is 15.8 Å². The van der Waals surface area contributed by atoms with E-state index in [9.17, 15) is 14.4 Å². The average Bonchev–Trinajstić information content (AvgIpc) is 2.96. The summed E-state index contributed by atoms with van der Waals surface area (Å²) >= 11 is 0. The minimum absolute atomic E-state index is 0.0137. The minimum atomic E-state index is -2.04. The van der Waals surface area contributed by atoms with Crippen LogP contribution in [-0.4, -0.2) is 42.7 Å². The Balaban J connectivity index is 2.20. The number of primary amides is 1. The van der Waals surface area contributed by atoms with Crippen molar-refractivity contribution < 1.29 is 18.8 Å². The molecule has 1 aromatic rings. The summed E-state index contributed by atoms with van der Waals surface area (Å²) in [4.78, 5) is 42.4. The van der Waals surface area contributed by atoms with E-state index < -0.39 is 44.0 Å². The van der Waals surface area contributed by atoms with Gasteiger partial charge in [0.25, 0.3) is 5.56 Å². The second kappa shape index (κ2) is 8.19. The van der Waals surface area contributed by atoms with Crippen LogP contribution in [-0.2, 0) is 14.0 Å². The number of hydrogen-bond acceptors (Lipinski definition) is 6. The highest BCUT2D eigenvalue weighted by atomic mass is 28.4. The Morgan fingerprint density at radius 1 is 1.43 bits per heavy atom. The van der Waals surface area contributed by atoms with Gasteiger partial charge < -0.3 is 14.9 Å². The van der Waals surface area contributed by atoms with Gasteiger partial charge >= 0.3 is 11.7 Å².